The second-order valence-electron chi connectivity index (χ2n) is 6.25. The number of alkyl carbamates (subject to hydrolysis) is 1. The Balaban J connectivity index is 2.64. The SMILES string of the molecule is COC1CCCC(C(NC(=O)OC(C)(C)C)C(=O)O)C1. The van der Waals surface area contributed by atoms with Gasteiger partial charge in [-0.15, -0.1) is 0 Å². The summed E-state index contributed by atoms with van der Waals surface area (Å²) in [6, 6.07) is -0.928. The molecular formula is C14H25NO5. The van der Waals surface area contributed by atoms with Gasteiger partial charge in [0.2, 0.25) is 0 Å². The molecular weight excluding hydrogens is 262 g/mol. The van der Waals surface area contributed by atoms with Crippen molar-refractivity contribution in [3.05, 3.63) is 0 Å². The minimum Gasteiger partial charge on any atom is -0.480 e. The number of carboxylic acids is 1. The van der Waals surface area contributed by atoms with Gasteiger partial charge in [0.05, 0.1) is 6.10 Å². The average molecular weight is 287 g/mol. The van der Waals surface area contributed by atoms with E-state index in [1.807, 2.05) is 0 Å². The second kappa shape index (κ2) is 6.92. The van der Waals surface area contributed by atoms with Gasteiger partial charge >= 0.3 is 12.1 Å². The molecule has 1 aliphatic carbocycles. The number of carboxylic acid groups (broad SMARTS) is 1. The smallest absolute Gasteiger partial charge is 0.408 e. The topological polar surface area (TPSA) is 84.9 Å². The number of methoxy groups -OCH3 is 1. The fourth-order valence-electron chi connectivity index (χ4n) is 2.51. The Morgan fingerprint density at radius 1 is 1.30 bits per heavy atom. The molecule has 0 aromatic rings. The summed E-state index contributed by atoms with van der Waals surface area (Å²) in [6.45, 7) is 5.22. The molecule has 20 heavy (non-hydrogen) atoms. The van der Waals surface area contributed by atoms with Crippen molar-refractivity contribution < 1.29 is 24.2 Å². The molecule has 0 aromatic carbocycles. The summed E-state index contributed by atoms with van der Waals surface area (Å²) in [4.78, 5) is 23.1. The van der Waals surface area contributed by atoms with Crippen molar-refractivity contribution in [1.29, 1.82) is 0 Å². The number of aliphatic carboxylic acids is 1. The lowest BCUT2D eigenvalue weighted by atomic mass is 9.82. The molecule has 3 unspecified atom stereocenters. The van der Waals surface area contributed by atoms with Gasteiger partial charge in [-0.1, -0.05) is 6.42 Å². The van der Waals surface area contributed by atoms with E-state index in [1.165, 1.54) is 0 Å². The fraction of sp³-hybridized carbons (Fsp3) is 0.857. The lowest BCUT2D eigenvalue weighted by Gasteiger charge is -2.32. The maximum atomic E-state index is 11.7. The van der Waals surface area contributed by atoms with Gasteiger partial charge < -0.3 is 19.9 Å². The first-order valence-electron chi connectivity index (χ1n) is 6.98. The van der Waals surface area contributed by atoms with Crippen LogP contribution in [-0.2, 0) is 14.3 Å². The molecule has 1 amide bonds. The molecule has 2 N–H and O–H groups in total. The van der Waals surface area contributed by atoms with E-state index >= 15 is 0 Å². The van der Waals surface area contributed by atoms with Crippen LogP contribution in [0.5, 0.6) is 0 Å². The van der Waals surface area contributed by atoms with Crippen LogP contribution in [0.15, 0.2) is 0 Å². The van der Waals surface area contributed by atoms with E-state index in [0.29, 0.717) is 6.42 Å². The minimum atomic E-state index is -1.03. The number of amides is 1. The molecule has 6 heteroatoms. The Hall–Kier alpha value is -1.30. The third-order valence-electron chi connectivity index (χ3n) is 3.41. The number of hydrogen-bond donors (Lipinski definition) is 2. The summed E-state index contributed by atoms with van der Waals surface area (Å²) in [5.41, 5.74) is -0.644. The number of ether oxygens (including phenoxy) is 2. The maximum Gasteiger partial charge on any atom is 0.408 e. The zero-order valence-corrected chi connectivity index (χ0v) is 12.6. The standard InChI is InChI=1S/C14H25NO5/c1-14(2,3)20-13(18)15-11(12(16)17)9-6-5-7-10(8-9)19-4/h9-11H,5-8H2,1-4H3,(H,15,18)(H,16,17). The third-order valence-corrected chi connectivity index (χ3v) is 3.41. The van der Waals surface area contributed by atoms with Crippen LogP contribution < -0.4 is 5.32 Å². The largest absolute Gasteiger partial charge is 0.480 e. The number of carbonyl (C=O) groups excluding carboxylic acids is 1. The maximum absolute atomic E-state index is 11.7. The van der Waals surface area contributed by atoms with Crippen LogP contribution in [0.3, 0.4) is 0 Å². The van der Waals surface area contributed by atoms with Crippen molar-refractivity contribution >= 4 is 12.1 Å². The Kier molecular flexibility index (Phi) is 5.80. The summed E-state index contributed by atoms with van der Waals surface area (Å²) in [7, 11) is 1.63. The summed E-state index contributed by atoms with van der Waals surface area (Å²) in [5.74, 6) is -1.16. The predicted molar refractivity (Wildman–Crippen MR) is 73.5 cm³/mol. The second-order valence-corrected chi connectivity index (χ2v) is 6.25. The predicted octanol–water partition coefficient (Wildman–Crippen LogP) is 2.17. The fourth-order valence-corrected chi connectivity index (χ4v) is 2.51. The van der Waals surface area contributed by atoms with Crippen LogP contribution in [-0.4, -0.2) is 42.0 Å². The highest BCUT2D eigenvalue weighted by atomic mass is 16.6. The number of carbonyl (C=O) groups is 2. The van der Waals surface area contributed by atoms with Crippen LogP contribution in [0.4, 0.5) is 4.79 Å². The van der Waals surface area contributed by atoms with Crippen molar-refractivity contribution in [3.8, 4) is 0 Å². The molecule has 0 aromatic heterocycles. The monoisotopic (exact) mass is 287 g/mol. The highest BCUT2D eigenvalue weighted by molar-refractivity contribution is 5.80. The molecule has 0 saturated heterocycles. The van der Waals surface area contributed by atoms with Crippen molar-refractivity contribution in [1.82, 2.24) is 5.32 Å². The zero-order valence-electron chi connectivity index (χ0n) is 12.6. The molecule has 1 saturated carbocycles. The van der Waals surface area contributed by atoms with Gasteiger partial charge in [0, 0.05) is 7.11 Å². The molecule has 0 radical (unpaired) electrons. The van der Waals surface area contributed by atoms with Crippen LogP contribution in [0.1, 0.15) is 46.5 Å². The summed E-state index contributed by atoms with van der Waals surface area (Å²) in [6.07, 6.45) is 2.63. The molecule has 0 aliphatic heterocycles. The van der Waals surface area contributed by atoms with E-state index in [-0.39, 0.29) is 12.0 Å². The molecule has 0 bridgehead atoms. The highest BCUT2D eigenvalue weighted by Crippen LogP contribution is 2.28. The van der Waals surface area contributed by atoms with Gasteiger partial charge in [-0.2, -0.15) is 0 Å². The van der Waals surface area contributed by atoms with Crippen molar-refractivity contribution in [2.75, 3.05) is 7.11 Å². The molecule has 0 spiro atoms. The van der Waals surface area contributed by atoms with E-state index in [9.17, 15) is 14.7 Å². The van der Waals surface area contributed by atoms with Crippen molar-refractivity contribution in [2.24, 2.45) is 5.92 Å². The van der Waals surface area contributed by atoms with E-state index in [0.717, 1.165) is 19.3 Å². The minimum absolute atomic E-state index is 0.0658. The zero-order chi connectivity index (χ0) is 15.3. The van der Waals surface area contributed by atoms with E-state index < -0.39 is 23.7 Å². The Morgan fingerprint density at radius 2 is 1.95 bits per heavy atom. The summed E-state index contributed by atoms with van der Waals surface area (Å²) in [5, 5.41) is 11.8. The average Bonchev–Trinajstić information content (AvgIpc) is 2.33. The van der Waals surface area contributed by atoms with Crippen LogP contribution in [0.2, 0.25) is 0 Å². The summed E-state index contributed by atoms with van der Waals surface area (Å²) < 4.78 is 10.4. The summed E-state index contributed by atoms with van der Waals surface area (Å²) >= 11 is 0. The van der Waals surface area contributed by atoms with E-state index in [1.54, 1.807) is 27.9 Å². The van der Waals surface area contributed by atoms with Gasteiger partial charge in [-0.25, -0.2) is 9.59 Å². The third kappa shape index (κ3) is 5.36. The Morgan fingerprint density at radius 3 is 2.45 bits per heavy atom. The number of hydrogen-bond acceptors (Lipinski definition) is 4. The molecule has 6 nitrogen and oxygen atoms in total. The van der Waals surface area contributed by atoms with Gasteiger partial charge in [0.1, 0.15) is 11.6 Å². The van der Waals surface area contributed by atoms with Gasteiger partial charge in [-0.3, -0.25) is 0 Å². The van der Waals surface area contributed by atoms with Crippen molar-refractivity contribution in [3.63, 3.8) is 0 Å². The van der Waals surface area contributed by atoms with Gasteiger partial charge in [-0.05, 0) is 46.0 Å². The Labute approximate surface area is 119 Å². The highest BCUT2D eigenvalue weighted by Gasteiger charge is 2.35. The lowest BCUT2D eigenvalue weighted by Crippen LogP contribution is -2.49. The Bertz CT molecular complexity index is 350. The lowest BCUT2D eigenvalue weighted by molar-refractivity contribution is -0.141. The van der Waals surface area contributed by atoms with Crippen molar-refractivity contribution in [2.45, 2.75) is 64.2 Å². The first-order chi connectivity index (χ1) is 9.23. The molecule has 0 heterocycles. The molecule has 116 valence electrons. The molecule has 1 aliphatic rings. The van der Waals surface area contributed by atoms with Crippen LogP contribution >= 0.6 is 0 Å². The molecule has 3 atom stereocenters. The van der Waals surface area contributed by atoms with Gasteiger partial charge in [0.15, 0.2) is 0 Å². The quantitative estimate of drug-likeness (QED) is 0.827. The van der Waals surface area contributed by atoms with E-state index in [4.69, 9.17) is 9.47 Å². The van der Waals surface area contributed by atoms with Crippen LogP contribution in [0, 0.1) is 5.92 Å². The van der Waals surface area contributed by atoms with E-state index in [2.05, 4.69) is 5.32 Å². The normalized spacial score (nSPS) is 24.8. The molecule has 1 rings (SSSR count). The first-order valence-corrected chi connectivity index (χ1v) is 6.98. The first kappa shape index (κ1) is 16.8. The number of rotatable bonds is 4. The van der Waals surface area contributed by atoms with Gasteiger partial charge in [0.25, 0.3) is 0 Å². The molecule has 1 fully saturated rings. The number of nitrogens with one attached hydrogen (secondary N) is 1. The van der Waals surface area contributed by atoms with Crippen LogP contribution in [0.25, 0.3) is 0 Å².